The molecule has 0 saturated heterocycles. The lowest BCUT2D eigenvalue weighted by molar-refractivity contribution is -0.121. The normalized spacial score (nSPS) is 10.1. The zero-order valence-corrected chi connectivity index (χ0v) is 8.73. The first kappa shape index (κ1) is 12.2. The van der Waals surface area contributed by atoms with Crippen LogP contribution in [0.2, 0.25) is 0 Å². The van der Waals surface area contributed by atoms with E-state index in [1.807, 2.05) is 5.43 Å². The average Bonchev–Trinajstić information content (AvgIpc) is 2.26. The molecule has 7 heteroatoms. The Morgan fingerprint density at radius 2 is 2.19 bits per heavy atom. The summed E-state index contributed by atoms with van der Waals surface area (Å²) in [5.41, 5.74) is 1.18. The van der Waals surface area contributed by atoms with Gasteiger partial charge in [-0.15, -0.1) is 0 Å². The fourth-order valence-corrected chi connectivity index (χ4v) is 1.26. The lowest BCUT2D eigenvalue weighted by Crippen LogP contribution is -2.30. The van der Waals surface area contributed by atoms with E-state index in [1.54, 1.807) is 0 Å². The van der Waals surface area contributed by atoms with Crippen LogP contribution in [-0.4, -0.2) is 15.5 Å². The Bertz CT molecular complexity index is 462. The van der Waals surface area contributed by atoms with Crippen LogP contribution in [0.3, 0.4) is 0 Å². The molecule has 1 amide bonds. The maximum atomic E-state index is 11.2. The van der Waals surface area contributed by atoms with E-state index in [1.165, 1.54) is 16.8 Å². The third-order valence-electron chi connectivity index (χ3n) is 2.11. The third-order valence-corrected chi connectivity index (χ3v) is 2.11. The second-order valence-corrected chi connectivity index (χ2v) is 3.33. The highest BCUT2D eigenvalue weighted by Gasteiger charge is 1.99. The van der Waals surface area contributed by atoms with Crippen LogP contribution in [0.25, 0.3) is 0 Å². The SMILES string of the molecule is NNC(=O)CCCCn1ccc(=O)[nH]c1=O. The monoisotopic (exact) mass is 226 g/mol. The summed E-state index contributed by atoms with van der Waals surface area (Å²) in [4.78, 5) is 34.9. The first-order chi connectivity index (χ1) is 7.63. The van der Waals surface area contributed by atoms with Gasteiger partial charge in [0.25, 0.3) is 5.56 Å². The minimum absolute atomic E-state index is 0.228. The molecule has 0 bridgehead atoms. The predicted molar refractivity (Wildman–Crippen MR) is 57.5 cm³/mol. The molecule has 0 aliphatic rings. The number of aromatic amines is 1. The molecule has 0 radical (unpaired) electrons. The van der Waals surface area contributed by atoms with Gasteiger partial charge in [-0.3, -0.25) is 20.0 Å². The number of carbonyl (C=O) groups excluding carboxylic acids is 1. The lowest BCUT2D eigenvalue weighted by atomic mass is 10.2. The number of hydrogen-bond acceptors (Lipinski definition) is 4. The van der Waals surface area contributed by atoms with E-state index < -0.39 is 11.2 Å². The number of aromatic nitrogens is 2. The molecule has 0 atom stereocenters. The van der Waals surface area contributed by atoms with Crippen LogP contribution in [0, 0.1) is 0 Å². The molecular formula is C9H14N4O3. The van der Waals surface area contributed by atoms with E-state index >= 15 is 0 Å². The smallest absolute Gasteiger partial charge is 0.301 e. The van der Waals surface area contributed by atoms with Gasteiger partial charge in [-0.1, -0.05) is 0 Å². The van der Waals surface area contributed by atoms with Crippen molar-refractivity contribution in [2.45, 2.75) is 25.8 Å². The number of aryl methyl sites for hydroxylation is 1. The topological polar surface area (TPSA) is 110 Å². The van der Waals surface area contributed by atoms with Gasteiger partial charge in [0.05, 0.1) is 0 Å². The number of rotatable bonds is 5. The van der Waals surface area contributed by atoms with Crippen molar-refractivity contribution in [1.29, 1.82) is 0 Å². The molecular weight excluding hydrogens is 212 g/mol. The van der Waals surface area contributed by atoms with E-state index in [-0.39, 0.29) is 5.91 Å². The Labute approximate surface area is 91.2 Å². The van der Waals surface area contributed by atoms with E-state index in [0.717, 1.165) is 0 Å². The number of hydrogen-bond donors (Lipinski definition) is 3. The van der Waals surface area contributed by atoms with Crippen LogP contribution in [0.1, 0.15) is 19.3 Å². The van der Waals surface area contributed by atoms with Crippen molar-refractivity contribution in [3.8, 4) is 0 Å². The Kier molecular flexibility index (Phi) is 4.46. The summed E-state index contributed by atoms with van der Waals surface area (Å²) in [6.45, 7) is 0.466. The molecule has 1 rings (SSSR count). The van der Waals surface area contributed by atoms with Crippen molar-refractivity contribution < 1.29 is 4.79 Å². The van der Waals surface area contributed by atoms with Gasteiger partial charge in [-0.05, 0) is 12.8 Å². The molecule has 7 nitrogen and oxygen atoms in total. The summed E-state index contributed by atoms with van der Waals surface area (Å²) in [6.07, 6.45) is 3.06. The summed E-state index contributed by atoms with van der Waals surface area (Å²) in [5.74, 6) is 4.68. The molecule has 0 saturated carbocycles. The molecule has 88 valence electrons. The van der Waals surface area contributed by atoms with Gasteiger partial charge in [0, 0.05) is 25.2 Å². The molecule has 1 aromatic heterocycles. The van der Waals surface area contributed by atoms with Gasteiger partial charge >= 0.3 is 5.69 Å². The van der Waals surface area contributed by atoms with Crippen LogP contribution in [0.15, 0.2) is 21.9 Å². The molecule has 0 aliphatic carbocycles. The lowest BCUT2D eigenvalue weighted by Gasteiger charge is -2.03. The van der Waals surface area contributed by atoms with E-state index in [2.05, 4.69) is 4.98 Å². The number of nitrogens with one attached hydrogen (secondary N) is 2. The van der Waals surface area contributed by atoms with Gasteiger partial charge in [0.1, 0.15) is 0 Å². The first-order valence-electron chi connectivity index (χ1n) is 4.92. The fourth-order valence-electron chi connectivity index (χ4n) is 1.26. The maximum Gasteiger partial charge on any atom is 0.328 e. The summed E-state index contributed by atoms with van der Waals surface area (Å²) < 4.78 is 1.39. The molecule has 0 aromatic carbocycles. The molecule has 1 aromatic rings. The van der Waals surface area contributed by atoms with Crippen molar-refractivity contribution in [2.24, 2.45) is 5.84 Å². The largest absolute Gasteiger partial charge is 0.328 e. The van der Waals surface area contributed by atoms with Gasteiger partial charge in [-0.25, -0.2) is 10.6 Å². The van der Waals surface area contributed by atoms with Crippen LogP contribution >= 0.6 is 0 Å². The number of carbonyl (C=O) groups is 1. The fraction of sp³-hybridized carbons (Fsp3) is 0.444. The zero-order chi connectivity index (χ0) is 12.0. The molecule has 0 aliphatic heterocycles. The minimum Gasteiger partial charge on any atom is -0.301 e. The van der Waals surface area contributed by atoms with Crippen molar-refractivity contribution in [2.75, 3.05) is 0 Å². The van der Waals surface area contributed by atoms with Crippen LogP contribution in [-0.2, 0) is 11.3 Å². The first-order valence-corrected chi connectivity index (χ1v) is 4.92. The Morgan fingerprint density at radius 1 is 1.44 bits per heavy atom. The minimum atomic E-state index is -0.434. The molecule has 16 heavy (non-hydrogen) atoms. The van der Waals surface area contributed by atoms with Crippen LogP contribution in [0.4, 0.5) is 0 Å². The second kappa shape index (κ2) is 5.86. The second-order valence-electron chi connectivity index (χ2n) is 3.33. The average molecular weight is 226 g/mol. The highest BCUT2D eigenvalue weighted by Crippen LogP contribution is 1.96. The third kappa shape index (κ3) is 3.70. The number of hydrazine groups is 1. The van der Waals surface area contributed by atoms with Gasteiger partial charge in [0.15, 0.2) is 0 Å². The standard InChI is InChI=1S/C9H14N4O3/c10-12-8(15)3-1-2-5-13-6-4-7(14)11-9(13)16/h4,6H,1-3,5,10H2,(H,12,15)(H,11,14,16). The van der Waals surface area contributed by atoms with Gasteiger partial charge < -0.3 is 4.57 Å². The van der Waals surface area contributed by atoms with Gasteiger partial charge in [0.2, 0.25) is 5.91 Å². The zero-order valence-electron chi connectivity index (χ0n) is 8.73. The van der Waals surface area contributed by atoms with Crippen molar-refractivity contribution in [3.05, 3.63) is 33.1 Å². The number of unbranched alkanes of at least 4 members (excludes halogenated alkanes) is 1. The highest BCUT2D eigenvalue weighted by molar-refractivity contribution is 5.74. The number of nitrogens with zero attached hydrogens (tertiary/aromatic N) is 1. The molecule has 4 N–H and O–H groups in total. The summed E-state index contributed by atoms with van der Waals surface area (Å²) in [7, 11) is 0. The Balaban J connectivity index is 2.41. The van der Waals surface area contributed by atoms with Crippen molar-refractivity contribution >= 4 is 5.91 Å². The van der Waals surface area contributed by atoms with Crippen LogP contribution < -0.4 is 22.5 Å². The predicted octanol–water partition coefficient (Wildman–Crippen LogP) is -1.30. The molecule has 0 unspecified atom stereocenters. The number of nitrogens with two attached hydrogens (primary N) is 1. The molecule has 0 spiro atoms. The quantitative estimate of drug-likeness (QED) is 0.251. The van der Waals surface area contributed by atoms with E-state index in [9.17, 15) is 14.4 Å². The van der Waals surface area contributed by atoms with E-state index in [0.29, 0.717) is 25.8 Å². The number of H-pyrrole nitrogens is 1. The van der Waals surface area contributed by atoms with Crippen LogP contribution in [0.5, 0.6) is 0 Å². The Morgan fingerprint density at radius 3 is 2.81 bits per heavy atom. The number of amides is 1. The van der Waals surface area contributed by atoms with Gasteiger partial charge in [-0.2, -0.15) is 0 Å². The van der Waals surface area contributed by atoms with E-state index in [4.69, 9.17) is 5.84 Å². The summed E-state index contributed by atoms with van der Waals surface area (Å²) >= 11 is 0. The molecule has 0 fully saturated rings. The summed E-state index contributed by atoms with van der Waals surface area (Å²) in [6, 6.07) is 1.29. The summed E-state index contributed by atoms with van der Waals surface area (Å²) in [5, 5.41) is 0. The highest BCUT2D eigenvalue weighted by atomic mass is 16.2. The maximum absolute atomic E-state index is 11.2. The van der Waals surface area contributed by atoms with Crippen molar-refractivity contribution in [3.63, 3.8) is 0 Å². The Hall–Kier alpha value is -1.89. The van der Waals surface area contributed by atoms with Crippen molar-refractivity contribution in [1.82, 2.24) is 15.0 Å². The molecule has 1 heterocycles.